The van der Waals surface area contributed by atoms with Crippen LogP contribution in [0.15, 0.2) is 30.3 Å². The third-order valence-electron chi connectivity index (χ3n) is 5.09. The number of ether oxygens (including phenoxy) is 1. The molecule has 0 spiro atoms. The molecule has 24 heavy (non-hydrogen) atoms. The lowest BCUT2D eigenvalue weighted by Crippen LogP contribution is -2.53. The molecule has 2 aliphatic rings. The van der Waals surface area contributed by atoms with Crippen LogP contribution in [0.3, 0.4) is 0 Å². The first-order chi connectivity index (χ1) is 11.7. The molecule has 0 bridgehead atoms. The summed E-state index contributed by atoms with van der Waals surface area (Å²) in [5.74, 6) is 0. The number of nitrogens with one attached hydrogen (secondary N) is 1. The van der Waals surface area contributed by atoms with Crippen LogP contribution < -0.4 is 5.32 Å². The van der Waals surface area contributed by atoms with Gasteiger partial charge in [-0.2, -0.15) is 0 Å². The molecular formula is C19H29N3O2. The van der Waals surface area contributed by atoms with Crippen LogP contribution in [0.25, 0.3) is 0 Å². The molecule has 2 saturated heterocycles. The number of carbonyl (C=O) groups excluding carboxylic acids is 1. The average molecular weight is 331 g/mol. The molecule has 5 heteroatoms. The molecule has 1 N–H and O–H groups in total. The molecule has 2 heterocycles. The zero-order valence-electron chi connectivity index (χ0n) is 14.6. The van der Waals surface area contributed by atoms with Crippen molar-refractivity contribution in [3.63, 3.8) is 0 Å². The Morgan fingerprint density at radius 1 is 1.25 bits per heavy atom. The summed E-state index contributed by atoms with van der Waals surface area (Å²) in [6.07, 6.45) is 4.01. The Hall–Kier alpha value is -1.59. The highest BCUT2D eigenvalue weighted by Crippen LogP contribution is 2.18. The van der Waals surface area contributed by atoms with Crippen LogP contribution in [0.2, 0.25) is 0 Å². The Morgan fingerprint density at radius 3 is 2.88 bits per heavy atom. The van der Waals surface area contributed by atoms with E-state index >= 15 is 0 Å². The van der Waals surface area contributed by atoms with Crippen molar-refractivity contribution in [3.05, 3.63) is 35.9 Å². The molecule has 3 rings (SSSR count). The minimum absolute atomic E-state index is 0.0128. The molecule has 2 unspecified atom stereocenters. The summed E-state index contributed by atoms with van der Waals surface area (Å²) in [6, 6.07) is 10.7. The van der Waals surface area contributed by atoms with E-state index in [4.69, 9.17) is 4.74 Å². The van der Waals surface area contributed by atoms with Crippen molar-refractivity contribution in [2.24, 2.45) is 0 Å². The Labute approximate surface area is 145 Å². The predicted octanol–water partition coefficient (Wildman–Crippen LogP) is 2.47. The number of rotatable bonds is 4. The van der Waals surface area contributed by atoms with Gasteiger partial charge >= 0.3 is 6.03 Å². The van der Waals surface area contributed by atoms with Gasteiger partial charge in [-0.25, -0.2) is 4.79 Å². The smallest absolute Gasteiger partial charge is 0.317 e. The molecule has 2 fully saturated rings. The zero-order chi connectivity index (χ0) is 16.8. The van der Waals surface area contributed by atoms with Gasteiger partial charge in [0.25, 0.3) is 0 Å². The molecule has 1 aromatic carbocycles. The first-order valence-corrected chi connectivity index (χ1v) is 9.15. The summed E-state index contributed by atoms with van der Waals surface area (Å²) < 4.78 is 5.91. The van der Waals surface area contributed by atoms with Gasteiger partial charge in [0.15, 0.2) is 0 Å². The van der Waals surface area contributed by atoms with Crippen molar-refractivity contribution in [2.45, 2.75) is 44.9 Å². The van der Waals surface area contributed by atoms with Gasteiger partial charge < -0.3 is 15.0 Å². The van der Waals surface area contributed by atoms with E-state index in [2.05, 4.69) is 17.1 Å². The third-order valence-corrected chi connectivity index (χ3v) is 5.09. The van der Waals surface area contributed by atoms with Crippen molar-refractivity contribution in [2.75, 3.05) is 32.8 Å². The minimum Gasteiger partial charge on any atom is -0.373 e. The van der Waals surface area contributed by atoms with E-state index < -0.39 is 0 Å². The van der Waals surface area contributed by atoms with E-state index in [9.17, 15) is 4.79 Å². The normalized spacial score (nSPS) is 25.5. The standard InChI is InChI=1S/C19H29N3O2/c1-16-7-5-6-10-21(16)14-18-15-22(11-12-24-18)19(23)20-13-17-8-3-2-4-9-17/h2-4,8-9,16,18H,5-7,10-15H2,1H3,(H,20,23). The maximum atomic E-state index is 12.4. The summed E-state index contributed by atoms with van der Waals surface area (Å²) in [7, 11) is 0. The van der Waals surface area contributed by atoms with E-state index in [0.717, 1.165) is 18.7 Å². The fourth-order valence-corrected chi connectivity index (χ4v) is 3.59. The molecule has 0 radical (unpaired) electrons. The van der Waals surface area contributed by atoms with Crippen LogP contribution in [-0.4, -0.2) is 60.8 Å². The molecular weight excluding hydrogens is 302 g/mol. The molecule has 0 aromatic heterocycles. The van der Waals surface area contributed by atoms with Crippen LogP contribution in [0.1, 0.15) is 31.7 Å². The highest BCUT2D eigenvalue weighted by atomic mass is 16.5. The molecule has 0 saturated carbocycles. The Morgan fingerprint density at radius 2 is 2.08 bits per heavy atom. The van der Waals surface area contributed by atoms with Gasteiger partial charge in [0.05, 0.1) is 12.7 Å². The Balaban J connectivity index is 1.46. The van der Waals surface area contributed by atoms with Gasteiger partial charge in [-0.15, -0.1) is 0 Å². The SMILES string of the molecule is CC1CCCCN1CC1CN(C(=O)NCc2ccccc2)CCO1. The van der Waals surface area contributed by atoms with Crippen LogP contribution in [-0.2, 0) is 11.3 Å². The van der Waals surface area contributed by atoms with Gasteiger partial charge in [0.2, 0.25) is 0 Å². The summed E-state index contributed by atoms with van der Waals surface area (Å²) in [5.41, 5.74) is 1.12. The number of morpholine rings is 1. The van der Waals surface area contributed by atoms with Crippen molar-refractivity contribution in [3.8, 4) is 0 Å². The van der Waals surface area contributed by atoms with Gasteiger partial charge in [-0.3, -0.25) is 4.90 Å². The molecule has 1 aromatic rings. The van der Waals surface area contributed by atoms with E-state index in [1.807, 2.05) is 35.2 Å². The summed E-state index contributed by atoms with van der Waals surface area (Å²) in [6.45, 7) is 6.95. The number of amides is 2. The summed E-state index contributed by atoms with van der Waals surface area (Å²) >= 11 is 0. The van der Waals surface area contributed by atoms with E-state index in [0.29, 0.717) is 32.3 Å². The second kappa shape index (κ2) is 8.49. The summed E-state index contributed by atoms with van der Waals surface area (Å²) in [4.78, 5) is 16.8. The minimum atomic E-state index is 0.0128. The molecule has 2 amide bonds. The number of likely N-dealkylation sites (tertiary alicyclic amines) is 1. The highest BCUT2D eigenvalue weighted by molar-refractivity contribution is 5.74. The second-order valence-corrected chi connectivity index (χ2v) is 6.92. The van der Waals surface area contributed by atoms with Gasteiger partial charge in [0, 0.05) is 32.2 Å². The lowest BCUT2D eigenvalue weighted by Gasteiger charge is -2.39. The fraction of sp³-hybridized carbons (Fsp3) is 0.632. The van der Waals surface area contributed by atoms with E-state index in [1.54, 1.807) is 0 Å². The number of carbonyl (C=O) groups is 1. The first-order valence-electron chi connectivity index (χ1n) is 9.15. The maximum Gasteiger partial charge on any atom is 0.317 e. The topological polar surface area (TPSA) is 44.8 Å². The van der Waals surface area contributed by atoms with E-state index in [-0.39, 0.29) is 12.1 Å². The number of urea groups is 1. The van der Waals surface area contributed by atoms with Crippen LogP contribution in [0, 0.1) is 0 Å². The van der Waals surface area contributed by atoms with Gasteiger partial charge in [-0.1, -0.05) is 36.8 Å². The molecule has 5 nitrogen and oxygen atoms in total. The monoisotopic (exact) mass is 331 g/mol. The lowest BCUT2D eigenvalue weighted by atomic mass is 10.0. The highest BCUT2D eigenvalue weighted by Gasteiger charge is 2.28. The number of hydrogen-bond donors (Lipinski definition) is 1. The average Bonchev–Trinajstić information content (AvgIpc) is 2.63. The molecule has 132 valence electrons. The number of nitrogens with zero attached hydrogens (tertiary/aromatic N) is 2. The largest absolute Gasteiger partial charge is 0.373 e. The zero-order valence-corrected chi connectivity index (χ0v) is 14.6. The fourth-order valence-electron chi connectivity index (χ4n) is 3.59. The predicted molar refractivity (Wildman–Crippen MR) is 94.9 cm³/mol. The number of benzene rings is 1. The number of hydrogen-bond acceptors (Lipinski definition) is 3. The second-order valence-electron chi connectivity index (χ2n) is 6.92. The van der Waals surface area contributed by atoms with E-state index in [1.165, 1.54) is 19.3 Å². The van der Waals surface area contributed by atoms with Crippen LogP contribution in [0.4, 0.5) is 4.79 Å². The molecule has 2 atom stereocenters. The summed E-state index contributed by atoms with van der Waals surface area (Å²) in [5, 5.41) is 3.02. The van der Waals surface area contributed by atoms with Gasteiger partial charge in [0.1, 0.15) is 0 Å². The first kappa shape index (κ1) is 17.2. The third kappa shape index (κ3) is 4.71. The molecule has 0 aliphatic carbocycles. The van der Waals surface area contributed by atoms with Crippen LogP contribution >= 0.6 is 0 Å². The van der Waals surface area contributed by atoms with Crippen molar-refractivity contribution >= 4 is 6.03 Å². The van der Waals surface area contributed by atoms with Crippen molar-refractivity contribution in [1.29, 1.82) is 0 Å². The van der Waals surface area contributed by atoms with Crippen LogP contribution in [0.5, 0.6) is 0 Å². The number of piperidine rings is 1. The Bertz CT molecular complexity index is 523. The maximum absolute atomic E-state index is 12.4. The lowest BCUT2D eigenvalue weighted by molar-refractivity contribution is -0.0391. The van der Waals surface area contributed by atoms with Gasteiger partial charge in [-0.05, 0) is 31.9 Å². The van der Waals surface area contributed by atoms with Crippen molar-refractivity contribution < 1.29 is 9.53 Å². The Kier molecular flexibility index (Phi) is 6.10. The van der Waals surface area contributed by atoms with Crippen molar-refractivity contribution in [1.82, 2.24) is 15.1 Å². The quantitative estimate of drug-likeness (QED) is 0.922. The molecule has 2 aliphatic heterocycles.